The molecular weight excluding hydrogens is 270 g/mol. The second-order valence-electron chi connectivity index (χ2n) is 4.37. The third kappa shape index (κ3) is 2.91. The first-order chi connectivity index (χ1) is 9.00. The van der Waals surface area contributed by atoms with Crippen LogP contribution in [0.25, 0.3) is 0 Å². The van der Waals surface area contributed by atoms with Gasteiger partial charge in [0.2, 0.25) is 0 Å². The molecule has 0 spiro atoms. The first kappa shape index (κ1) is 13.9. The highest BCUT2D eigenvalue weighted by atomic mass is 35.5. The van der Waals surface area contributed by atoms with Crippen LogP contribution in [0.5, 0.6) is 0 Å². The molecule has 0 bridgehead atoms. The van der Waals surface area contributed by atoms with E-state index in [-0.39, 0.29) is 12.0 Å². The smallest absolute Gasteiger partial charge is 0.133 e. The van der Waals surface area contributed by atoms with Crippen molar-refractivity contribution >= 4 is 11.6 Å². The summed E-state index contributed by atoms with van der Waals surface area (Å²) >= 11 is 5.96. The number of aromatic nitrogens is 1. The number of rotatable bonds is 3. The highest BCUT2D eigenvalue weighted by molar-refractivity contribution is 6.31. The highest BCUT2D eigenvalue weighted by Gasteiger charge is 2.19. The summed E-state index contributed by atoms with van der Waals surface area (Å²) in [5, 5.41) is 0.436. The van der Waals surface area contributed by atoms with Gasteiger partial charge in [0.1, 0.15) is 11.6 Å². The minimum atomic E-state index is -0.792. The van der Waals surface area contributed by atoms with Gasteiger partial charge < -0.3 is 5.73 Å². The summed E-state index contributed by atoms with van der Waals surface area (Å²) < 4.78 is 27.7. The average molecular weight is 283 g/mol. The van der Waals surface area contributed by atoms with Crippen molar-refractivity contribution in [3.63, 3.8) is 0 Å². The number of pyridine rings is 1. The van der Waals surface area contributed by atoms with Gasteiger partial charge in [-0.2, -0.15) is 0 Å². The zero-order valence-corrected chi connectivity index (χ0v) is 11.1. The molecule has 1 heterocycles. The lowest BCUT2D eigenvalue weighted by molar-refractivity contribution is 0.520. The minimum Gasteiger partial charge on any atom is -0.323 e. The Bertz CT molecular complexity index is 602. The van der Waals surface area contributed by atoms with Crippen LogP contribution >= 0.6 is 11.6 Å². The number of nitrogens with zero attached hydrogens (tertiary/aromatic N) is 1. The summed E-state index contributed by atoms with van der Waals surface area (Å²) in [6.07, 6.45) is 3.29. The van der Waals surface area contributed by atoms with Crippen molar-refractivity contribution in [2.45, 2.75) is 19.4 Å². The van der Waals surface area contributed by atoms with Crippen molar-refractivity contribution in [1.82, 2.24) is 4.98 Å². The standard InChI is InChI=1S/C14H13ClF2N2/c1-8-2-3-11(16)13(14(8)17)12(18)6-9-4-5-19-7-10(9)15/h2-5,7,12H,6,18H2,1H3. The average Bonchev–Trinajstić information content (AvgIpc) is 2.37. The fourth-order valence-electron chi connectivity index (χ4n) is 1.93. The summed E-state index contributed by atoms with van der Waals surface area (Å²) in [5.41, 5.74) is 6.88. The van der Waals surface area contributed by atoms with Crippen molar-refractivity contribution in [2.24, 2.45) is 5.73 Å². The molecule has 5 heteroatoms. The van der Waals surface area contributed by atoms with Crippen LogP contribution in [0.4, 0.5) is 8.78 Å². The van der Waals surface area contributed by atoms with Crippen LogP contribution in [0.1, 0.15) is 22.7 Å². The Morgan fingerprint density at radius 1 is 1.32 bits per heavy atom. The Kier molecular flexibility index (Phi) is 4.12. The van der Waals surface area contributed by atoms with Gasteiger partial charge in [-0.3, -0.25) is 4.98 Å². The molecule has 1 atom stereocenters. The summed E-state index contributed by atoms with van der Waals surface area (Å²) in [5.74, 6) is -1.24. The number of nitrogens with two attached hydrogens (primary N) is 1. The van der Waals surface area contributed by atoms with Crippen LogP contribution in [0.15, 0.2) is 30.6 Å². The Morgan fingerprint density at radius 3 is 2.74 bits per heavy atom. The van der Waals surface area contributed by atoms with Crippen molar-refractivity contribution in [3.05, 3.63) is 63.9 Å². The van der Waals surface area contributed by atoms with E-state index in [0.29, 0.717) is 16.1 Å². The van der Waals surface area contributed by atoms with Gasteiger partial charge in [0, 0.05) is 24.0 Å². The van der Waals surface area contributed by atoms with E-state index < -0.39 is 17.7 Å². The van der Waals surface area contributed by atoms with E-state index in [2.05, 4.69) is 4.98 Å². The van der Waals surface area contributed by atoms with Crippen LogP contribution in [0.2, 0.25) is 5.02 Å². The fraction of sp³-hybridized carbons (Fsp3) is 0.214. The summed E-state index contributed by atoms with van der Waals surface area (Å²) in [6, 6.07) is 3.51. The van der Waals surface area contributed by atoms with Crippen LogP contribution < -0.4 is 5.73 Å². The van der Waals surface area contributed by atoms with Gasteiger partial charge >= 0.3 is 0 Å². The lowest BCUT2D eigenvalue weighted by atomic mass is 9.97. The monoisotopic (exact) mass is 282 g/mol. The molecule has 0 saturated carbocycles. The molecule has 0 aliphatic heterocycles. The normalized spacial score (nSPS) is 12.5. The Morgan fingerprint density at radius 2 is 2.05 bits per heavy atom. The van der Waals surface area contributed by atoms with Crippen molar-refractivity contribution in [2.75, 3.05) is 0 Å². The van der Waals surface area contributed by atoms with Crippen LogP contribution in [0, 0.1) is 18.6 Å². The summed E-state index contributed by atoms with van der Waals surface area (Å²) in [4.78, 5) is 3.85. The maximum absolute atomic E-state index is 14.0. The summed E-state index contributed by atoms with van der Waals surface area (Å²) in [7, 11) is 0. The van der Waals surface area contributed by atoms with Gasteiger partial charge in [-0.25, -0.2) is 8.78 Å². The van der Waals surface area contributed by atoms with E-state index in [4.69, 9.17) is 17.3 Å². The van der Waals surface area contributed by atoms with Gasteiger partial charge in [-0.15, -0.1) is 0 Å². The predicted molar refractivity (Wildman–Crippen MR) is 71.0 cm³/mol. The predicted octanol–water partition coefficient (Wildman–Crippen LogP) is 3.56. The molecule has 0 saturated heterocycles. The molecule has 2 rings (SSSR count). The lowest BCUT2D eigenvalue weighted by Gasteiger charge is -2.15. The van der Waals surface area contributed by atoms with Gasteiger partial charge in [-0.05, 0) is 36.6 Å². The third-order valence-corrected chi connectivity index (χ3v) is 3.33. The van der Waals surface area contributed by atoms with E-state index in [0.717, 1.165) is 0 Å². The van der Waals surface area contributed by atoms with Gasteiger partial charge in [0.15, 0.2) is 0 Å². The van der Waals surface area contributed by atoms with E-state index in [9.17, 15) is 8.78 Å². The zero-order chi connectivity index (χ0) is 14.0. The molecule has 0 amide bonds. The van der Waals surface area contributed by atoms with E-state index in [1.54, 1.807) is 19.2 Å². The van der Waals surface area contributed by atoms with Crippen LogP contribution in [-0.4, -0.2) is 4.98 Å². The second kappa shape index (κ2) is 5.63. The van der Waals surface area contributed by atoms with Gasteiger partial charge in [0.25, 0.3) is 0 Å². The molecule has 2 aromatic rings. The van der Waals surface area contributed by atoms with E-state index in [1.165, 1.54) is 18.3 Å². The SMILES string of the molecule is Cc1ccc(F)c(C(N)Cc2ccncc2Cl)c1F. The molecular formula is C14H13ClF2N2. The lowest BCUT2D eigenvalue weighted by Crippen LogP contribution is -2.17. The molecule has 0 aliphatic rings. The molecule has 1 unspecified atom stereocenters. The molecule has 1 aromatic heterocycles. The van der Waals surface area contributed by atoms with E-state index >= 15 is 0 Å². The van der Waals surface area contributed by atoms with Crippen LogP contribution in [0.3, 0.4) is 0 Å². The summed E-state index contributed by atoms with van der Waals surface area (Å²) in [6.45, 7) is 1.57. The highest BCUT2D eigenvalue weighted by Crippen LogP contribution is 2.26. The number of hydrogen-bond donors (Lipinski definition) is 1. The maximum Gasteiger partial charge on any atom is 0.133 e. The number of aryl methyl sites for hydroxylation is 1. The zero-order valence-electron chi connectivity index (χ0n) is 10.3. The fourth-order valence-corrected chi connectivity index (χ4v) is 2.12. The number of hydrogen-bond acceptors (Lipinski definition) is 2. The molecule has 2 N–H and O–H groups in total. The van der Waals surface area contributed by atoms with Crippen molar-refractivity contribution in [1.29, 1.82) is 0 Å². The van der Waals surface area contributed by atoms with Crippen LogP contribution in [-0.2, 0) is 6.42 Å². The van der Waals surface area contributed by atoms with Crippen molar-refractivity contribution in [3.8, 4) is 0 Å². The molecule has 100 valence electrons. The first-order valence-electron chi connectivity index (χ1n) is 5.79. The topological polar surface area (TPSA) is 38.9 Å². The third-order valence-electron chi connectivity index (χ3n) is 2.99. The molecule has 0 fully saturated rings. The molecule has 1 aromatic carbocycles. The molecule has 0 radical (unpaired) electrons. The van der Waals surface area contributed by atoms with Gasteiger partial charge in [0.05, 0.1) is 5.02 Å². The van der Waals surface area contributed by atoms with E-state index in [1.807, 2.05) is 0 Å². The maximum atomic E-state index is 14.0. The minimum absolute atomic E-state index is 0.104. The van der Waals surface area contributed by atoms with Crippen molar-refractivity contribution < 1.29 is 8.78 Å². The molecule has 19 heavy (non-hydrogen) atoms. The molecule has 0 aliphatic carbocycles. The first-order valence-corrected chi connectivity index (χ1v) is 6.17. The van der Waals surface area contributed by atoms with Gasteiger partial charge in [-0.1, -0.05) is 17.7 Å². The Balaban J connectivity index is 2.33. The molecule has 2 nitrogen and oxygen atoms in total. The quantitative estimate of drug-likeness (QED) is 0.935. The Hall–Kier alpha value is -1.52. The number of halogens is 3. The Labute approximate surface area is 115 Å². The second-order valence-corrected chi connectivity index (χ2v) is 4.78. The largest absolute Gasteiger partial charge is 0.323 e. The number of benzene rings is 1.